The topological polar surface area (TPSA) is 112 Å². The third kappa shape index (κ3) is 7.23. The molecular weight excluding hydrogens is 440 g/mol. The van der Waals surface area contributed by atoms with E-state index in [0.717, 1.165) is 25.0 Å². The van der Waals surface area contributed by atoms with Crippen molar-refractivity contribution in [1.82, 2.24) is 15.5 Å². The summed E-state index contributed by atoms with van der Waals surface area (Å²) in [5.41, 5.74) is 0.787. The van der Waals surface area contributed by atoms with E-state index >= 15 is 0 Å². The van der Waals surface area contributed by atoms with Crippen LogP contribution in [0.2, 0.25) is 0 Å². The minimum Gasteiger partial charge on any atom is -0.493 e. The molecule has 1 saturated heterocycles. The molecule has 11 heteroatoms. The lowest BCUT2D eigenvalue weighted by Gasteiger charge is -2.09. The number of thioether (sulfide) groups is 1. The maximum absolute atomic E-state index is 12.2. The summed E-state index contributed by atoms with van der Waals surface area (Å²) >= 11 is 2.49. The molecule has 1 aliphatic rings. The SMILES string of the molecule is COc1ccc(/C=C/C(=O)Nc2nnc(SCC(=O)NCC3CCCO3)s2)cc1OC. The molecule has 166 valence electrons. The molecular formula is C20H24N4O5S2. The Kier molecular flexibility index (Phi) is 8.68. The summed E-state index contributed by atoms with van der Waals surface area (Å²) in [6, 6.07) is 5.35. The van der Waals surface area contributed by atoms with Gasteiger partial charge in [-0.05, 0) is 36.6 Å². The van der Waals surface area contributed by atoms with Gasteiger partial charge in [-0.1, -0.05) is 29.2 Å². The van der Waals surface area contributed by atoms with Crippen LogP contribution in [0.5, 0.6) is 11.5 Å². The number of carbonyl (C=O) groups is 2. The van der Waals surface area contributed by atoms with Gasteiger partial charge in [-0.25, -0.2) is 0 Å². The number of carbonyl (C=O) groups excluding carboxylic acids is 2. The zero-order chi connectivity index (χ0) is 22.1. The van der Waals surface area contributed by atoms with Crippen molar-refractivity contribution in [2.45, 2.75) is 23.3 Å². The molecule has 2 heterocycles. The molecule has 9 nitrogen and oxygen atoms in total. The molecule has 1 fully saturated rings. The van der Waals surface area contributed by atoms with Gasteiger partial charge in [-0.15, -0.1) is 10.2 Å². The molecule has 3 rings (SSSR count). The highest BCUT2D eigenvalue weighted by atomic mass is 32.2. The molecule has 0 saturated carbocycles. The monoisotopic (exact) mass is 464 g/mol. The first-order valence-electron chi connectivity index (χ1n) is 9.63. The zero-order valence-electron chi connectivity index (χ0n) is 17.3. The number of nitrogens with one attached hydrogen (secondary N) is 2. The van der Waals surface area contributed by atoms with Crippen molar-refractivity contribution in [1.29, 1.82) is 0 Å². The summed E-state index contributed by atoms with van der Waals surface area (Å²) in [4.78, 5) is 24.1. The first-order valence-corrected chi connectivity index (χ1v) is 11.4. The Morgan fingerprint density at radius 2 is 2.13 bits per heavy atom. The van der Waals surface area contributed by atoms with Gasteiger partial charge in [0.1, 0.15) is 0 Å². The van der Waals surface area contributed by atoms with E-state index in [2.05, 4.69) is 20.8 Å². The minimum atomic E-state index is -0.336. The summed E-state index contributed by atoms with van der Waals surface area (Å²) in [5.74, 6) is 1.00. The predicted molar refractivity (Wildman–Crippen MR) is 120 cm³/mol. The number of methoxy groups -OCH3 is 2. The molecule has 0 bridgehead atoms. The lowest BCUT2D eigenvalue weighted by atomic mass is 10.2. The largest absolute Gasteiger partial charge is 0.493 e. The number of anilines is 1. The molecule has 1 aromatic heterocycles. The molecule has 1 aliphatic heterocycles. The van der Waals surface area contributed by atoms with Crippen molar-refractivity contribution in [3.05, 3.63) is 29.8 Å². The average Bonchev–Trinajstić information content (AvgIpc) is 3.46. The van der Waals surface area contributed by atoms with E-state index < -0.39 is 0 Å². The van der Waals surface area contributed by atoms with Crippen molar-refractivity contribution in [3.63, 3.8) is 0 Å². The van der Waals surface area contributed by atoms with Gasteiger partial charge < -0.3 is 19.5 Å². The summed E-state index contributed by atoms with van der Waals surface area (Å²) in [6.45, 7) is 1.29. The van der Waals surface area contributed by atoms with Gasteiger partial charge in [0.05, 0.1) is 26.1 Å². The summed E-state index contributed by atoms with van der Waals surface area (Å²) in [7, 11) is 3.12. The summed E-state index contributed by atoms with van der Waals surface area (Å²) in [6.07, 6.45) is 5.19. The highest BCUT2D eigenvalue weighted by molar-refractivity contribution is 8.01. The van der Waals surface area contributed by atoms with E-state index in [-0.39, 0.29) is 23.7 Å². The number of amides is 2. The normalized spacial score (nSPS) is 15.7. The minimum absolute atomic E-state index is 0.0841. The van der Waals surface area contributed by atoms with Crippen LogP contribution in [0.3, 0.4) is 0 Å². The average molecular weight is 465 g/mol. The van der Waals surface area contributed by atoms with E-state index in [9.17, 15) is 9.59 Å². The van der Waals surface area contributed by atoms with Gasteiger partial charge in [0.25, 0.3) is 0 Å². The van der Waals surface area contributed by atoms with Crippen LogP contribution in [0.15, 0.2) is 28.6 Å². The first kappa shape index (κ1) is 23.0. The molecule has 1 aromatic carbocycles. The fraction of sp³-hybridized carbons (Fsp3) is 0.400. The van der Waals surface area contributed by atoms with Crippen molar-refractivity contribution >= 4 is 46.1 Å². The Morgan fingerprint density at radius 3 is 2.87 bits per heavy atom. The van der Waals surface area contributed by atoms with Crippen molar-refractivity contribution in [3.8, 4) is 11.5 Å². The number of hydrogen-bond donors (Lipinski definition) is 2. The molecule has 0 spiro atoms. The van der Waals surface area contributed by atoms with Crippen LogP contribution in [0.4, 0.5) is 5.13 Å². The van der Waals surface area contributed by atoms with Gasteiger partial charge in [-0.2, -0.15) is 0 Å². The van der Waals surface area contributed by atoms with Crippen LogP contribution in [0.1, 0.15) is 18.4 Å². The molecule has 1 atom stereocenters. The third-order valence-electron chi connectivity index (χ3n) is 4.35. The highest BCUT2D eigenvalue weighted by Crippen LogP contribution is 2.28. The van der Waals surface area contributed by atoms with Gasteiger partial charge in [0.2, 0.25) is 16.9 Å². The zero-order valence-corrected chi connectivity index (χ0v) is 18.9. The van der Waals surface area contributed by atoms with Crippen molar-refractivity contribution in [2.75, 3.05) is 38.4 Å². The molecule has 2 aromatic rings. The fourth-order valence-electron chi connectivity index (χ4n) is 2.81. The number of rotatable bonds is 10. The van der Waals surface area contributed by atoms with Gasteiger partial charge >= 0.3 is 0 Å². The maximum Gasteiger partial charge on any atom is 0.250 e. The number of ether oxygens (including phenoxy) is 3. The van der Waals surface area contributed by atoms with E-state index in [4.69, 9.17) is 14.2 Å². The Balaban J connectivity index is 1.43. The third-order valence-corrected chi connectivity index (χ3v) is 6.32. The summed E-state index contributed by atoms with van der Waals surface area (Å²) in [5, 5.41) is 13.8. The second-order valence-electron chi connectivity index (χ2n) is 6.54. The van der Waals surface area contributed by atoms with Crippen LogP contribution in [-0.4, -0.2) is 61.2 Å². The Hall–Kier alpha value is -2.63. The fourth-order valence-corrected chi connectivity index (χ4v) is 4.39. The lowest BCUT2D eigenvalue weighted by Crippen LogP contribution is -2.32. The van der Waals surface area contributed by atoms with E-state index in [1.165, 1.54) is 29.2 Å². The second-order valence-corrected chi connectivity index (χ2v) is 8.74. The second kappa shape index (κ2) is 11.7. The van der Waals surface area contributed by atoms with Crippen LogP contribution in [0, 0.1) is 0 Å². The van der Waals surface area contributed by atoms with E-state index in [1.54, 1.807) is 32.4 Å². The van der Waals surface area contributed by atoms with E-state index in [0.29, 0.717) is 27.5 Å². The molecule has 31 heavy (non-hydrogen) atoms. The Labute approximate surface area is 188 Å². The van der Waals surface area contributed by atoms with Crippen LogP contribution in [-0.2, 0) is 14.3 Å². The summed E-state index contributed by atoms with van der Waals surface area (Å²) < 4.78 is 16.5. The molecule has 0 aliphatic carbocycles. The Bertz CT molecular complexity index is 928. The number of aromatic nitrogens is 2. The van der Waals surface area contributed by atoms with Gasteiger partial charge in [0, 0.05) is 19.2 Å². The first-order chi connectivity index (χ1) is 15.1. The van der Waals surface area contributed by atoms with Crippen molar-refractivity contribution < 1.29 is 23.8 Å². The number of hydrogen-bond acceptors (Lipinski definition) is 9. The van der Waals surface area contributed by atoms with Crippen molar-refractivity contribution in [2.24, 2.45) is 0 Å². The van der Waals surface area contributed by atoms with Gasteiger partial charge in [0.15, 0.2) is 15.8 Å². The molecule has 0 radical (unpaired) electrons. The van der Waals surface area contributed by atoms with E-state index in [1.807, 2.05) is 6.07 Å². The standard InChI is InChI=1S/C20H24N4O5S2/c1-27-15-7-5-13(10-16(15)28-2)6-8-17(25)22-19-23-24-20(31-19)30-12-18(26)21-11-14-4-3-9-29-14/h5-8,10,14H,3-4,9,11-12H2,1-2H3,(H,21,26)(H,22,23,25)/b8-6+. The quantitative estimate of drug-likeness (QED) is 0.314. The smallest absolute Gasteiger partial charge is 0.250 e. The molecule has 1 unspecified atom stereocenters. The molecule has 2 amide bonds. The van der Waals surface area contributed by atoms with Crippen LogP contribution in [0.25, 0.3) is 6.08 Å². The maximum atomic E-state index is 12.2. The van der Waals surface area contributed by atoms with Gasteiger partial charge in [-0.3, -0.25) is 14.9 Å². The highest BCUT2D eigenvalue weighted by Gasteiger charge is 2.16. The molecule has 2 N–H and O–H groups in total. The van der Waals surface area contributed by atoms with Crippen LogP contribution >= 0.6 is 23.1 Å². The predicted octanol–water partition coefficient (Wildman–Crippen LogP) is 2.59. The number of benzene rings is 1. The number of nitrogens with zero attached hydrogens (tertiary/aromatic N) is 2. The lowest BCUT2D eigenvalue weighted by molar-refractivity contribution is -0.119. The van der Waals surface area contributed by atoms with Crippen LogP contribution < -0.4 is 20.1 Å². The Morgan fingerprint density at radius 1 is 1.29 bits per heavy atom.